The standard InChI is InChI=1S/C11H21NO3/c1-4-11(5-2,7-6-9(12)13)8(3)10(14)15/h9,13H,3-7,12H2,1-2H3,(H,14,15). The van der Waals surface area contributed by atoms with Crippen LogP contribution in [0, 0.1) is 5.41 Å². The Kier molecular flexibility index (Phi) is 5.54. The van der Waals surface area contributed by atoms with Gasteiger partial charge in [-0.2, -0.15) is 0 Å². The Morgan fingerprint density at radius 3 is 2.20 bits per heavy atom. The molecule has 0 fully saturated rings. The topological polar surface area (TPSA) is 83.5 Å². The lowest BCUT2D eigenvalue weighted by atomic mass is 9.72. The molecule has 0 heterocycles. The molecule has 0 aliphatic carbocycles. The van der Waals surface area contributed by atoms with Crippen LogP contribution in [0.5, 0.6) is 0 Å². The summed E-state index contributed by atoms with van der Waals surface area (Å²) in [6, 6.07) is 0. The van der Waals surface area contributed by atoms with Crippen LogP contribution >= 0.6 is 0 Å². The van der Waals surface area contributed by atoms with E-state index in [1.165, 1.54) is 0 Å². The average molecular weight is 215 g/mol. The third-order valence-electron chi connectivity index (χ3n) is 3.17. The number of aliphatic carboxylic acids is 1. The monoisotopic (exact) mass is 215 g/mol. The van der Waals surface area contributed by atoms with Crippen LogP contribution in [0.3, 0.4) is 0 Å². The van der Waals surface area contributed by atoms with E-state index in [0.29, 0.717) is 25.7 Å². The Morgan fingerprint density at radius 1 is 1.47 bits per heavy atom. The average Bonchev–Trinajstić information content (AvgIpc) is 2.19. The highest BCUT2D eigenvalue weighted by molar-refractivity contribution is 5.87. The largest absolute Gasteiger partial charge is 0.478 e. The van der Waals surface area contributed by atoms with Crippen molar-refractivity contribution >= 4 is 5.97 Å². The van der Waals surface area contributed by atoms with E-state index in [-0.39, 0.29) is 5.57 Å². The Morgan fingerprint density at radius 2 is 1.93 bits per heavy atom. The number of hydrogen-bond acceptors (Lipinski definition) is 3. The SMILES string of the molecule is C=C(C(=O)O)C(CC)(CC)CCC(N)O. The molecule has 1 atom stereocenters. The minimum absolute atomic E-state index is 0.216. The highest BCUT2D eigenvalue weighted by Crippen LogP contribution is 2.39. The molecule has 0 aromatic carbocycles. The summed E-state index contributed by atoms with van der Waals surface area (Å²) in [5, 5.41) is 18.0. The van der Waals surface area contributed by atoms with Gasteiger partial charge in [0.05, 0.1) is 0 Å². The van der Waals surface area contributed by atoms with Crippen molar-refractivity contribution < 1.29 is 15.0 Å². The predicted octanol–water partition coefficient (Wildman–Crippen LogP) is 1.49. The van der Waals surface area contributed by atoms with Crippen molar-refractivity contribution in [1.82, 2.24) is 0 Å². The van der Waals surface area contributed by atoms with Gasteiger partial charge in [0.15, 0.2) is 0 Å². The van der Waals surface area contributed by atoms with Gasteiger partial charge in [-0.05, 0) is 25.7 Å². The van der Waals surface area contributed by atoms with Crippen LogP contribution in [-0.4, -0.2) is 22.4 Å². The van der Waals surface area contributed by atoms with Gasteiger partial charge in [0.25, 0.3) is 0 Å². The minimum atomic E-state index is -0.967. The summed E-state index contributed by atoms with van der Waals surface area (Å²) in [6.07, 6.45) is 1.46. The van der Waals surface area contributed by atoms with Gasteiger partial charge in [-0.15, -0.1) is 0 Å². The molecule has 0 saturated carbocycles. The number of carboxylic acids is 1. The van der Waals surface area contributed by atoms with Gasteiger partial charge < -0.3 is 15.9 Å². The van der Waals surface area contributed by atoms with Crippen LogP contribution in [0.25, 0.3) is 0 Å². The predicted molar refractivity (Wildman–Crippen MR) is 59.2 cm³/mol. The van der Waals surface area contributed by atoms with Crippen LogP contribution < -0.4 is 5.73 Å². The summed E-state index contributed by atoms with van der Waals surface area (Å²) in [6.45, 7) is 7.49. The van der Waals surface area contributed by atoms with Crippen molar-refractivity contribution in [2.24, 2.45) is 11.1 Å². The van der Waals surface area contributed by atoms with Crippen LogP contribution in [0.2, 0.25) is 0 Å². The molecule has 0 aromatic heterocycles. The van der Waals surface area contributed by atoms with Crippen molar-refractivity contribution in [2.75, 3.05) is 0 Å². The number of carbonyl (C=O) groups is 1. The van der Waals surface area contributed by atoms with Gasteiger partial charge in [0.2, 0.25) is 0 Å². The third kappa shape index (κ3) is 3.64. The first-order valence-corrected chi connectivity index (χ1v) is 5.26. The second-order valence-corrected chi connectivity index (χ2v) is 3.88. The van der Waals surface area contributed by atoms with E-state index in [1.54, 1.807) is 0 Å². The fourth-order valence-corrected chi connectivity index (χ4v) is 1.83. The molecule has 15 heavy (non-hydrogen) atoms. The molecule has 0 amide bonds. The van der Waals surface area contributed by atoms with Crippen molar-refractivity contribution in [3.63, 3.8) is 0 Å². The van der Waals surface area contributed by atoms with Crippen molar-refractivity contribution in [3.05, 3.63) is 12.2 Å². The summed E-state index contributed by atoms with van der Waals surface area (Å²) in [7, 11) is 0. The van der Waals surface area contributed by atoms with E-state index in [4.69, 9.17) is 15.9 Å². The smallest absolute Gasteiger partial charge is 0.331 e. The molecule has 0 rings (SSSR count). The van der Waals surface area contributed by atoms with Gasteiger partial charge in [0, 0.05) is 11.0 Å². The lowest BCUT2D eigenvalue weighted by Crippen LogP contribution is -2.29. The zero-order chi connectivity index (χ0) is 12.1. The molecule has 4 N–H and O–H groups in total. The lowest BCUT2D eigenvalue weighted by Gasteiger charge is -2.32. The second-order valence-electron chi connectivity index (χ2n) is 3.88. The van der Waals surface area contributed by atoms with Crippen molar-refractivity contribution in [3.8, 4) is 0 Å². The first kappa shape index (κ1) is 14.1. The number of carboxylic acid groups (broad SMARTS) is 1. The number of nitrogens with two attached hydrogens (primary N) is 1. The summed E-state index contributed by atoms with van der Waals surface area (Å²) in [4.78, 5) is 10.9. The molecule has 0 saturated heterocycles. The zero-order valence-corrected chi connectivity index (χ0v) is 9.49. The normalized spacial score (nSPS) is 13.6. The Labute approximate surface area is 90.8 Å². The molecule has 0 bridgehead atoms. The van der Waals surface area contributed by atoms with Crippen LogP contribution in [-0.2, 0) is 4.79 Å². The van der Waals surface area contributed by atoms with Crippen molar-refractivity contribution in [2.45, 2.75) is 45.8 Å². The van der Waals surface area contributed by atoms with Gasteiger partial charge in [-0.3, -0.25) is 0 Å². The highest BCUT2D eigenvalue weighted by Gasteiger charge is 2.33. The fraction of sp³-hybridized carbons (Fsp3) is 0.727. The van der Waals surface area contributed by atoms with E-state index in [2.05, 4.69) is 6.58 Å². The number of rotatable bonds is 7. The Bertz CT molecular complexity index is 232. The maximum atomic E-state index is 10.9. The molecule has 0 spiro atoms. The van der Waals surface area contributed by atoms with E-state index in [9.17, 15) is 4.79 Å². The van der Waals surface area contributed by atoms with E-state index < -0.39 is 17.6 Å². The minimum Gasteiger partial charge on any atom is -0.478 e. The first-order chi connectivity index (χ1) is 6.89. The Hall–Kier alpha value is -0.870. The number of aliphatic hydroxyl groups excluding tert-OH is 1. The highest BCUT2D eigenvalue weighted by atomic mass is 16.4. The molecule has 0 aliphatic heterocycles. The van der Waals surface area contributed by atoms with E-state index in [1.807, 2.05) is 13.8 Å². The van der Waals surface area contributed by atoms with Gasteiger partial charge >= 0.3 is 5.97 Å². The van der Waals surface area contributed by atoms with Crippen LogP contribution in [0.1, 0.15) is 39.5 Å². The molecular weight excluding hydrogens is 194 g/mol. The second kappa shape index (κ2) is 5.88. The summed E-state index contributed by atoms with van der Waals surface area (Å²) >= 11 is 0. The molecule has 1 unspecified atom stereocenters. The first-order valence-electron chi connectivity index (χ1n) is 5.26. The van der Waals surface area contributed by atoms with E-state index >= 15 is 0 Å². The quantitative estimate of drug-likeness (QED) is 0.444. The molecule has 0 aliphatic rings. The third-order valence-corrected chi connectivity index (χ3v) is 3.17. The summed E-state index contributed by atoms with van der Waals surface area (Å²) < 4.78 is 0. The van der Waals surface area contributed by atoms with Crippen LogP contribution in [0.15, 0.2) is 12.2 Å². The lowest BCUT2D eigenvalue weighted by molar-refractivity contribution is -0.134. The molecule has 4 heteroatoms. The van der Waals surface area contributed by atoms with Gasteiger partial charge in [-0.25, -0.2) is 4.79 Å². The Balaban J connectivity index is 4.72. The molecular formula is C11H21NO3. The van der Waals surface area contributed by atoms with Gasteiger partial charge in [-0.1, -0.05) is 20.4 Å². The molecule has 88 valence electrons. The molecule has 0 aromatic rings. The maximum absolute atomic E-state index is 10.9. The number of aliphatic hydroxyl groups is 1. The maximum Gasteiger partial charge on any atom is 0.331 e. The fourth-order valence-electron chi connectivity index (χ4n) is 1.83. The summed E-state index contributed by atoms with van der Waals surface area (Å²) in [5.74, 6) is -0.967. The molecule has 4 nitrogen and oxygen atoms in total. The summed E-state index contributed by atoms with van der Waals surface area (Å²) in [5.41, 5.74) is 5.04. The van der Waals surface area contributed by atoms with Crippen molar-refractivity contribution in [1.29, 1.82) is 0 Å². The van der Waals surface area contributed by atoms with Crippen LogP contribution in [0.4, 0.5) is 0 Å². The zero-order valence-electron chi connectivity index (χ0n) is 9.49. The van der Waals surface area contributed by atoms with Gasteiger partial charge in [0.1, 0.15) is 6.23 Å². The molecule has 0 radical (unpaired) electrons. The van der Waals surface area contributed by atoms with E-state index in [0.717, 1.165) is 0 Å². The number of hydrogen-bond donors (Lipinski definition) is 3.